The first kappa shape index (κ1) is 19.4. The summed E-state index contributed by atoms with van der Waals surface area (Å²) in [5.74, 6) is -1.32. The highest BCUT2D eigenvalue weighted by Gasteiger charge is 2.13. The van der Waals surface area contributed by atoms with Gasteiger partial charge in [0.15, 0.2) is 6.61 Å². The largest absolute Gasteiger partial charge is 0.451 e. The third-order valence-corrected chi connectivity index (χ3v) is 4.39. The quantitative estimate of drug-likeness (QED) is 0.454. The van der Waals surface area contributed by atoms with Gasteiger partial charge in [0, 0.05) is 10.2 Å². The minimum Gasteiger partial charge on any atom is -0.451 e. The molecule has 26 heavy (non-hydrogen) atoms. The van der Waals surface area contributed by atoms with Crippen LogP contribution in [-0.2, 0) is 14.3 Å². The molecule has 0 saturated carbocycles. The Morgan fingerprint density at radius 3 is 2.50 bits per heavy atom. The van der Waals surface area contributed by atoms with Crippen molar-refractivity contribution in [3.8, 4) is 6.07 Å². The number of esters is 1. The number of carbonyl (C=O) groups excluding carboxylic acids is 2. The summed E-state index contributed by atoms with van der Waals surface area (Å²) in [6.07, 6.45) is 1.43. The number of benzene rings is 2. The topological polar surface area (TPSA) is 79.2 Å². The maximum atomic E-state index is 12.0. The zero-order valence-corrected chi connectivity index (χ0v) is 16.0. The van der Waals surface area contributed by atoms with Crippen LogP contribution in [0.15, 0.2) is 52.5 Å². The van der Waals surface area contributed by atoms with E-state index in [-0.39, 0.29) is 5.57 Å². The van der Waals surface area contributed by atoms with Crippen LogP contribution < -0.4 is 5.32 Å². The maximum Gasteiger partial charge on any atom is 0.349 e. The summed E-state index contributed by atoms with van der Waals surface area (Å²) in [6, 6.07) is 14.5. The van der Waals surface area contributed by atoms with Gasteiger partial charge in [-0.1, -0.05) is 45.8 Å². The van der Waals surface area contributed by atoms with E-state index in [0.717, 1.165) is 15.6 Å². The van der Waals surface area contributed by atoms with E-state index in [1.807, 2.05) is 32.0 Å². The summed E-state index contributed by atoms with van der Waals surface area (Å²) in [5, 5.41) is 11.8. The molecule has 6 heteroatoms. The lowest BCUT2D eigenvalue weighted by molar-refractivity contribution is -0.142. The van der Waals surface area contributed by atoms with Crippen molar-refractivity contribution in [1.29, 1.82) is 5.26 Å². The van der Waals surface area contributed by atoms with E-state index in [0.29, 0.717) is 11.3 Å². The molecule has 1 amide bonds. The molecule has 5 nitrogen and oxygen atoms in total. The van der Waals surface area contributed by atoms with E-state index in [9.17, 15) is 9.59 Å². The predicted molar refractivity (Wildman–Crippen MR) is 103 cm³/mol. The van der Waals surface area contributed by atoms with Gasteiger partial charge in [0.05, 0.1) is 0 Å². The van der Waals surface area contributed by atoms with Gasteiger partial charge in [-0.25, -0.2) is 4.79 Å². The highest BCUT2D eigenvalue weighted by Crippen LogP contribution is 2.20. The first-order chi connectivity index (χ1) is 12.4. The Morgan fingerprint density at radius 1 is 1.19 bits per heavy atom. The van der Waals surface area contributed by atoms with Gasteiger partial charge >= 0.3 is 5.97 Å². The van der Waals surface area contributed by atoms with Crippen LogP contribution in [0.25, 0.3) is 6.08 Å². The highest BCUT2D eigenvalue weighted by atomic mass is 79.9. The summed E-state index contributed by atoms with van der Waals surface area (Å²) in [4.78, 5) is 23.9. The highest BCUT2D eigenvalue weighted by molar-refractivity contribution is 9.10. The molecular formula is C20H17BrN2O3. The molecule has 0 fully saturated rings. The number of amides is 1. The predicted octanol–water partition coefficient (Wildman–Crippen LogP) is 4.15. The molecule has 132 valence electrons. The Balaban J connectivity index is 1.95. The molecule has 0 bridgehead atoms. The molecule has 0 aliphatic heterocycles. The SMILES string of the molecule is Cc1ccc(/C=C(\C#N)C(=O)OCC(=O)Nc2ccc(Br)c(C)c2)cc1. The zero-order chi connectivity index (χ0) is 19.1. The lowest BCUT2D eigenvalue weighted by atomic mass is 10.1. The second kappa shape index (κ2) is 8.97. The van der Waals surface area contributed by atoms with Crippen molar-refractivity contribution >= 4 is 39.6 Å². The maximum absolute atomic E-state index is 12.0. The van der Waals surface area contributed by atoms with Crippen LogP contribution in [0.3, 0.4) is 0 Å². The molecule has 0 atom stereocenters. The fourth-order valence-corrected chi connectivity index (χ4v) is 2.34. The van der Waals surface area contributed by atoms with E-state index in [4.69, 9.17) is 10.00 Å². The summed E-state index contributed by atoms with van der Waals surface area (Å²) < 4.78 is 5.86. The van der Waals surface area contributed by atoms with Crippen LogP contribution in [0.5, 0.6) is 0 Å². The van der Waals surface area contributed by atoms with Crippen LogP contribution >= 0.6 is 15.9 Å². The van der Waals surface area contributed by atoms with Crippen molar-refractivity contribution in [2.45, 2.75) is 13.8 Å². The Bertz CT molecular complexity index is 896. The van der Waals surface area contributed by atoms with Gasteiger partial charge in [-0.15, -0.1) is 0 Å². The second-order valence-corrected chi connectivity index (χ2v) is 6.52. The number of nitriles is 1. The van der Waals surface area contributed by atoms with E-state index >= 15 is 0 Å². The van der Waals surface area contributed by atoms with Crippen LogP contribution in [0.4, 0.5) is 5.69 Å². The third kappa shape index (κ3) is 5.57. The van der Waals surface area contributed by atoms with Gasteiger partial charge in [-0.3, -0.25) is 4.79 Å². The Hall–Kier alpha value is -2.91. The molecule has 1 N–H and O–H groups in total. The molecule has 0 aliphatic carbocycles. The standard InChI is InChI=1S/C20H17BrN2O3/c1-13-3-5-15(6-4-13)10-16(11-22)20(25)26-12-19(24)23-17-7-8-18(21)14(2)9-17/h3-10H,12H2,1-2H3,(H,23,24)/b16-10+. The van der Waals surface area contributed by atoms with E-state index in [2.05, 4.69) is 21.2 Å². The number of hydrogen-bond donors (Lipinski definition) is 1. The molecule has 0 heterocycles. The fourth-order valence-electron chi connectivity index (χ4n) is 2.09. The fraction of sp³-hybridized carbons (Fsp3) is 0.150. The molecule has 0 aromatic heterocycles. The van der Waals surface area contributed by atoms with Crippen LogP contribution in [0.1, 0.15) is 16.7 Å². The Morgan fingerprint density at radius 2 is 1.88 bits per heavy atom. The summed E-state index contributed by atoms with van der Waals surface area (Å²) in [5.41, 5.74) is 3.18. The first-order valence-corrected chi connectivity index (χ1v) is 8.60. The molecule has 2 aromatic rings. The summed E-state index contributed by atoms with van der Waals surface area (Å²) in [6.45, 7) is 3.37. The average molecular weight is 413 g/mol. The molecular weight excluding hydrogens is 396 g/mol. The normalized spacial score (nSPS) is 10.8. The number of rotatable bonds is 5. The Labute approximate surface area is 160 Å². The van der Waals surface area contributed by atoms with Gasteiger partial charge in [0.25, 0.3) is 5.91 Å². The lowest BCUT2D eigenvalue weighted by Gasteiger charge is -2.08. The van der Waals surface area contributed by atoms with Crippen molar-refractivity contribution < 1.29 is 14.3 Å². The van der Waals surface area contributed by atoms with Gasteiger partial charge in [-0.05, 0) is 49.2 Å². The van der Waals surface area contributed by atoms with Crippen LogP contribution in [0, 0.1) is 25.2 Å². The number of halogens is 1. The molecule has 2 aromatic carbocycles. The Kier molecular flexibility index (Phi) is 6.70. The van der Waals surface area contributed by atoms with E-state index in [1.165, 1.54) is 6.08 Å². The smallest absolute Gasteiger partial charge is 0.349 e. The summed E-state index contributed by atoms with van der Waals surface area (Å²) in [7, 11) is 0. The number of carbonyl (C=O) groups is 2. The number of aryl methyl sites for hydroxylation is 2. The molecule has 0 aliphatic rings. The molecule has 0 spiro atoms. The third-order valence-electron chi connectivity index (χ3n) is 3.50. The molecule has 0 radical (unpaired) electrons. The molecule has 2 rings (SSSR count). The molecule has 0 saturated heterocycles. The number of nitrogens with one attached hydrogen (secondary N) is 1. The van der Waals surface area contributed by atoms with Crippen LogP contribution in [-0.4, -0.2) is 18.5 Å². The van der Waals surface area contributed by atoms with Crippen molar-refractivity contribution in [3.05, 3.63) is 69.2 Å². The van der Waals surface area contributed by atoms with E-state index in [1.54, 1.807) is 30.3 Å². The van der Waals surface area contributed by atoms with Gasteiger partial charge in [-0.2, -0.15) is 5.26 Å². The minimum atomic E-state index is -0.838. The van der Waals surface area contributed by atoms with Crippen molar-refractivity contribution in [3.63, 3.8) is 0 Å². The first-order valence-electron chi connectivity index (χ1n) is 7.80. The molecule has 0 unspecified atom stereocenters. The number of hydrogen-bond acceptors (Lipinski definition) is 4. The van der Waals surface area contributed by atoms with Crippen LogP contribution in [0.2, 0.25) is 0 Å². The average Bonchev–Trinajstić information content (AvgIpc) is 2.62. The van der Waals surface area contributed by atoms with Gasteiger partial charge in [0.1, 0.15) is 11.6 Å². The second-order valence-electron chi connectivity index (χ2n) is 5.67. The number of ether oxygens (including phenoxy) is 1. The lowest BCUT2D eigenvalue weighted by Crippen LogP contribution is -2.21. The number of nitrogens with zero attached hydrogens (tertiary/aromatic N) is 1. The zero-order valence-electron chi connectivity index (χ0n) is 14.4. The van der Waals surface area contributed by atoms with Crippen molar-refractivity contribution in [1.82, 2.24) is 0 Å². The monoisotopic (exact) mass is 412 g/mol. The van der Waals surface area contributed by atoms with Gasteiger partial charge < -0.3 is 10.1 Å². The summed E-state index contributed by atoms with van der Waals surface area (Å²) >= 11 is 3.38. The minimum absolute atomic E-state index is 0.166. The van der Waals surface area contributed by atoms with E-state index < -0.39 is 18.5 Å². The number of anilines is 1. The van der Waals surface area contributed by atoms with Crippen molar-refractivity contribution in [2.75, 3.05) is 11.9 Å². The van der Waals surface area contributed by atoms with Crippen molar-refractivity contribution in [2.24, 2.45) is 0 Å². The van der Waals surface area contributed by atoms with Gasteiger partial charge in [0.2, 0.25) is 0 Å².